The summed E-state index contributed by atoms with van der Waals surface area (Å²) in [5.74, 6) is -1.29. The van der Waals surface area contributed by atoms with E-state index in [0.717, 1.165) is 17.3 Å². The van der Waals surface area contributed by atoms with E-state index in [9.17, 15) is 9.18 Å². The highest BCUT2D eigenvalue weighted by molar-refractivity contribution is 7.99. The molecule has 20 heavy (non-hydrogen) atoms. The molecule has 0 fully saturated rings. The third-order valence-corrected chi connectivity index (χ3v) is 3.57. The summed E-state index contributed by atoms with van der Waals surface area (Å²) in [5.41, 5.74) is 0.962. The number of hydrogen-bond acceptors (Lipinski definition) is 5. The number of hydrogen-bond donors (Lipinski definition) is 1. The van der Waals surface area contributed by atoms with Gasteiger partial charge in [-0.3, -0.25) is 4.79 Å². The molecule has 2 rings (SSSR count). The number of halogens is 1. The lowest BCUT2D eigenvalue weighted by Gasteiger charge is -2.12. The third-order valence-electron chi connectivity index (χ3n) is 2.65. The molecule has 0 spiro atoms. The van der Waals surface area contributed by atoms with Gasteiger partial charge in [0, 0.05) is 0 Å². The van der Waals surface area contributed by atoms with Crippen molar-refractivity contribution in [1.29, 1.82) is 0 Å². The topological polar surface area (TPSA) is 80.9 Å². The van der Waals surface area contributed by atoms with Crippen LogP contribution < -0.4 is 0 Å². The first-order chi connectivity index (χ1) is 9.56. The number of carboxylic acid groups (broad SMARTS) is 1. The van der Waals surface area contributed by atoms with Gasteiger partial charge in [0.1, 0.15) is 5.82 Å². The van der Waals surface area contributed by atoms with Gasteiger partial charge in [-0.2, -0.15) is 0 Å². The molecule has 0 aliphatic heterocycles. The van der Waals surface area contributed by atoms with Crippen LogP contribution in [-0.2, 0) is 11.2 Å². The summed E-state index contributed by atoms with van der Waals surface area (Å²) < 4.78 is 14.4. The number of carboxylic acids is 1. The molecule has 2 aromatic rings. The molecule has 1 unspecified atom stereocenters. The van der Waals surface area contributed by atoms with Crippen LogP contribution in [0.1, 0.15) is 18.5 Å². The minimum absolute atomic E-state index is 0.0493. The van der Waals surface area contributed by atoms with Crippen molar-refractivity contribution in [3.8, 4) is 0 Å². The lowest BCUT2D eigenvalue weighted by molar-refractivity contribution is -0.133. The van der Waals surface area contributed by atoms with Crippen LogP contribution in [0, 0.1) is 5.82 Å². The number of tetrazole rings is 1. The van der Waals surface area contributed by atoms with Crippen molar-refractivity contribution >= 4 is 17.7 Å². The SMILES string of the molecule is CC(Cc1ccc(F)cc1)n1nnnc1SCC(=O)O. The summed E-state index contributed by atoms with van der Waals surface area (Å²) in [7, 11) is 0. The Kier molecular flexibility index (Phi) is 4.67. The van der Waals surface area contributed by atoms with Gasteiger partial charge in [0.2, 0.25) is 5.16 Å². The Bertz CT molecular complexity index is 587. The fourth-order valence-electron chi connectivity index (χ4n) is 1.73. The van der Waals surface area contributed by atoms with E-state index in [1.807, 2.05) is 6.92 Å². The molecule has 0 radical (unpaired) electrons. The largest absolute Gasteiger partial charge is 0.481 e. The zero-order chi connectivity index (χ0) is 14.5. The second-order valence-electron chi connectivity index (χ2n) is 4.27. The number of nitrogens with zero attached hydrogens (tertiary/aromatic N) is 4. The maximum atomic E-state index is 12.8. The number of rotatable bonds is 6. The molecule has 106 valence electrons. The van der Waals surface area contributed by atoms with Crippen LogP contribution >= 0.6 is 11.8 Å². The molecule has 0 aliphatic carbocycles. The molecule has 1 heterocycles. The number of thioether (sulfide) groups is 1. The van der Waals surface area contributed by atoms with E-state index >= 15 is 0 Å². The highest BCUT2D eigenvalue weighted by Gasteiger charge is 2.15. The summed E-state index contributed by atoms with van der Waals surface area (Å²) >= 11 is 1.07. The normalized spacial score (nSPS) is 12.3. The molecule has 0 aliphatic rings. The van der Waals surface area contributed by atoms with Crippen molar-refractivity contribution in [2.24, 2.45) is 0 Å². The Morgan fingerprint density at radius 2 is 2.15 bits per heavy atom. The molecule has 0 saturated heterocycles. The molecular weight excluding hydrogens is 283 g/mol. The summed E-state index contributed by atoms with van der Waals surface area (Å²) in [6.45, 7) is 1.92. The Morgan fingerprint density at radius 3 is 2.80 bits per heavy atom. The minimum atomic E-state index is -0.921. The quantitative estimate of drug-likeness (QED) is 0.819. The Hall–Kier alpha value is -1.96. The number of benzene rings is 1. The first-order valence-corrected chi connectivity index (χ1v) is 6.91. The van der Waals surface area contributed by atoms with Crippen LogP contribution in [0.2, 0.25) is 0 Å². The smallest absolute Gasteiger partial charge is 0.313 e. The molecule has 0 bridgehead atoms. The van der Waals surface area contributed by atoms with E-state index in [1.54, 1.807) is 16.8 Å². The van der Waals surface area contributed by atoms with E-state index in [4.69, 9.17) is 5.11 Å². The van der Waals surface area contributed by atoms with Crippen molar-refractivity contribution in [2.75, 3.05) is 5.75 Å². The summed E-state index contributed by atoms with van der Waals surface area (Å²) in [4.78, 5) is 10.6. The third kappa shape index (κ3) is 3.77. The monoisotopic (exact) mass is 296 g/mol. The zero-order valence-electron chi connectivity index (χ0n) is 10.7. The Morgan fingerprint density at radius 1 is 1.45 bits per heavy atom. The van der Waals surface area contributed by atoms with Gasteiger partial charge in [0.15, 0.2) is 0 Å². The summed E-state index contributed by atoms with van der Waals surface area (Å²) in [6.07, 6.45) is 0.631. The van der Waals surface area contributed by atoms with Gasteiger partial charge in [0.05, 0.1) is 11.8 Å². The van der Waals surface area contributed by atoms with Gasteiger partial charge >= 0.3 is 5.97 Å². The van der Waals surface area contributed by atoms with Crippen LogP contribution in [0.5, 0.6) is 0 Å². The van der Waals surface area contributed by atoms with Crippen LogP contribution in [0.3, 0.4) is 0 Å². The molecule has 1 aromatic heterocycles. The molecule has 0 amide bonds. The molecule has 1 aromatic carbocycles. The molecule has 6 nitrogen and oxygen atoms in total. The van der Waals surface area contributed by atoms with Crippen LogP contribution in [0.15, 0.2) is 29.4 Å². The maximum absolute atomic E-state index is 12.8. The minimum Gasteiger partial charge on any atom is -0.481 e. The zero-order valence-corrected chi connectivity index (χ0v) is 11.5. The average Bonchev–Trinajstić information content (AvgIpc) is 2.87. The van der Waals surface area contributed by atoms with Gasteiger partial charge in [-0.15, -0.1) is 5.10 Å². The average molecular weight is 296 g/mol. The first kappa shape index (κ1) is 14.4. The van der Waals surface area contributed by atoms with Crippen molar-refractivity contribution in [2.45, 2.75) is 24.5 Å². The summed E-state index contributed by atoms with van der Waals surface area (Å²) in [6, 6.07) is 6.18. The second kappa shape index (κ2) is 6.47. The number of aliphatic carboxylic acids is 1. The summed E-state index contributed by atoms with van der Waals surface area (Å²) in [5, 5.41) is 20.4. The van der Waals surface area contributed by atoms with Crippen molar-refractivity contribution in [3.05, 3.63) is 35.6 Å². The van der Waals surface area contributed by atoms with Gasteiger partial charge in [-0.05, 0) is 41.5 Å². The predicted molar refractivity (Wildman–Crippen MR) is 71.0 cm³/mol. The van der Waals surface area contributed by atoms with E-state index in [-0.39, 0.29) is 17.6 Å². The van der Waals surface area contributed by atoms with Crippen LogP contribution in [-0.4, -0.2) is 37.0 Å². The van der Waals surface area contributed by atoms with Gasteiger partial charge in [0.25, 0.3) is 0 Å². The van der Waals surface area contributed by atoms with Gasteiger partial charge in [-0.25, -0.2) is 9.07 Å². The molecule has 0 saturated carbocycles. The van der Waals surface area contributed by atoms with Gasteiger partial charge in [-0.1, -0.05) is 23.9 Å². The van der Waals surface area contributed by atoms with E-state index in [2.05, 4.69) is 15.5 Å². The molecular formula is C12H13FN4O2S. The van der Waals surface area contributed by atoms with E-state index in [1.165, 1.54) is 12.1 Å². The van der Waals surface area contributed by atoms with Crippen molar-refractivity contribution in [1.82, 2.24) is 20.2 Å². The van der Waals surface area contributed by atoms with Crippen LogP contribution in [0.4, 0.5) is 4.39 Å². The standard InChI is InChI=1S/C12H13FN4O2S/c1-8(6-9-2-4-10(13)5-3-9)17-12(14-15-16-17)20-7-11(18)19/h2-5,8H,6-7H2,1H3,(H,18,19). The Labute approximate surface area is 119 Å². The highest BCUT2D eigenvalue weighted by Crippen LogP contribution is 2.20. The predicted octanol–water partition coefficient (Wildman–Crippen LogP) is 1.79. The first-order valence-electron chi connectivity index (χ1n) is 5.93. The van der Waals surface area contributed by atoms with Gasteiger partial charge < -0.3 is 5.11 Å². The lowest BCUT2D eigenvalue weighted by Crippen LogP contribution is -2.12. The van der Waals surface area contributed by atoms with Crippen molar-refractivity contribution in [3.63, 3.8) is 0 Å². The fourth-order valence-corrected chi connectivity index (χ4v) is 2.43. The lowest BCUT2D eigenvalue weighted by atomic mass is 10.1. The number of aromatic nitrogens is 4. The van der Waals surface area contributed by atoms with E-state index in [0.29, 0.717) is 11.6 Å². The molecule has 1 N–H and O–H groups in total. The second-order valence-corrected chi connectivity index (χ2v) is 5.21. The Balaban J connectivity index is 2.05. The molecule has 1 atom stereocenters. The van der Waals surface area contributed by atoms with E-state index < -0.39 is 5.97 Å². The highest BCUT2D eigenvalue weighted by atomic mass is 32.2. The van der Waals surface area contributed by atoms with Crippen molar-refractivity contribution < 1.29 is 14.3 Å². The fraction of sp³-hybridized carbons (Fsp3) is 0.333. The molecule has 8 heteroatoms. The van der Waals surface area contributed by atoms with Crippen LogP contribution in [0.25, 0.3) is 0 Å². The number of carbonyl (C=O) groups is 1. The maximum Gasteiger partial charge on any atom is 0.313 e.